The third-order valence-electron chi connectivity index (χ3n) is 1.95. The quantitative estimate of drug-likeness (QED) is 0.599. The monoisotopic (exact) mass is 157 g/mol. The predicted octanol–water partition coefficient (Wildman–Crippen LogP) is 0.690. The number of hydrogen-bond acceptors (Lipinski definition) is 3. The summed E-state index contributed by atoms with van der Waals surface area (Å²) in [5.74, 6) is -0.100. The van der Waals surface area contributed by atoms with Gasteiger partial charge < -0.3 is 10.1 Å². The maximum absolute atomic E-state index is 11.1. The van der Waals surface area contributed by atoms with Crippen molar-refractivity contribution in [3.8, 4) is 0 Å². The van der Waals surface area contributed by atoms with Gasteiger partial charge in [-0.2, -0.15) is 0 Å². The molecule has 2 atom stereocenters. The van der Waals surface area contributed by atoms with Crippen LogP contribution in [0.5, 0.6) is 0 Å². The maximum atomic E-state index is 11.1. The van der Waals surface area contributed by atoms with E-state index >= 15 is 0 Å². The predicted molar refractivity (Wildman–Crippen MR) is 42.3 cm³/mol. The van der Waals surface area contributed by atoms with Crippen molar-refractivity contribution in [2.75, 3.05) is 6.61 Å². The average Bonchev–Trinajstić information content (AvgIpc) is 2.36. The summed E-state index contributed by atoms with van der Waals surface area (Å²) < 4.78 is 4.87. The molecule has 3 nitrogen and oxygen atoms in total. The fourth-order valence-corrected chi connectivity index (χ4v) is 1.36. The molecule has 1 heterocycles. The van der Waals surface area contributed by atoms with Crippen LogP contribution in [0.15, 0.2) is 0 Å². The minimum absolute atomic E-state index is 0.0510. The Morgan fingerprint density at radius 1 is 1.64 bits per heavy atom. The highest BCUT2D eigenvalue weighted by molar-refractivity contribution is 5.76. The van der Waals surface area contributed by atoms with E-state index in [1.165, 1.54) is 0 Å². The first kappa shape index (κ1) is 8.53. The number of carbonyl (C=O) groups is 1. The first-order chi connectivity index (χ1) is 5.24. The van der Waals surface area contributed by atoms with Crippen LogP contribution in [0.3, 0.4) is 0 Å². The van der Waals surface area contributed by atoms with Crippen molar-refractivity contribution in [2.24, 2.45) is 0 Å². The number of carbonyl (C=O) groups excluding carboxylic acids is 1. The first-order valence-electron chi connectivity index (χ1n) is 4.16. The molecule has 3 heteroatoms. The Kier molecular flexibility index (Phi) is 2.88. The van der Waals surface area contributed by atoms with Crippen molar-refractivity contribution in [1.29, 1.82) is 0 Å². The van der Waals surface area contributed by atoms with E-state index < -0.39 is 0 Å². The largest absolute Gasteiger partial charge is 0.465 e. The third-order valence-corrected chi connectivity index (χ3v) is 1.95. The molecule has 1 unspecified atom stereocenters. The number of ether oxygens (including phenoxy) is 1. The van der Waals surface area contributed by atoms with Gasteiger partial charge in [0.05, 0.1) is 6.61 Å². The van der Waals surface area contributed by atoms with Gasteiger partial charge in [0.1, 0.15) is 6.04 Å². The van der Waals surface area contributed by atoms with Crippen molar-refractivity contribution in [2.45, 2.75) is 38.8 Å². The van der Waals surface area contributed by atoms with E-state index in [0.717, 1.165) is 12.8 Å². The molecule has 0 saturated carbocycles. The smallest absolute Gasteiger partial charge is 0.323 e. The summed E-state index contributed by atoms with van der Waals surface area (Å²) in [6.07, 6.45) is 1.99. The lowest BCUT2D eigenvalue weighted by Gasteiger charge is -2.09. The average molecular weight is 157 g/mol. The van der Waals surface area contributed by atoms with Crippen LogP contribution in [-0.4, -0.2) is 24.7 Å². The molecule has 1 rings (SSSR count). The van der Waals surface area contributed by atoms with Crippen molar-refractivity contribution in [3.05, 3.63) is 0 Å². The summed E-state index contributed by atoms with van der Waals surface area (Å²) in [5.41, 5.74) is 0. The van der Waals surface area contributed by atoms with Gasteiger partial charge in [-0.05, 0) is 26.7 Å². The lowest BCUT2D eigenvalue weighted by molar-refractivity contribution is -0.145. The Labute approximate surface area is 67.1 Å². The van der Waals surface area contributed by atoms with E-state index in [1.807, 2.05) is 6.92 Å². The summed E-state index contributed by atoms with van der Waals surface area (Å²) >= 11 is 0. The Bertz CT molecular complexity index is 147. The van der Waals surface area contributed by atoms with Gasteiger partial charge in [-0.3, -0.25) is 4.79 Å². The molecule has 0 aromatic carbocycles. The minimum atomic E-state index is -0.100. The Balaban J connectivity index is 2.31. The van der Waals surface area contributed by atoms with Gasteiger partial charge in [-0.1, -0.05) is 0 Å². The van der Waals surface area contributed by atoms with E-state index in [1.54, 1.807) is 0 Å². The second-order valence-electron chi connectivity index (χ2n) is 2.95. The third kappa shape index (κ3) is 2.19. The Hall–Kier alpha value is -0.570. The van der Waals surface area contributed by atoms with Crippen LogP contribution in [0.2, 0.25) is 0 Å². The van der Waals surface area contributed by atoms with E-state index in [2.05, 4.69) is 12.2 Å². The van der Waals surface area contributed by atoms with Crippen LogP contribution in [-0.2, 0) is 9.53 Å². The summed E-state index contributed by atoms with van der Waals surface area (Å²) in [5, 5.41) is 3.16. The Morgan fingerprint density at radius 2 is 2.36 bits per heavy atom. The maximum Gasteiger partial charge on any atom is 0.323 e. The zero-order chi connectivity index (χ0) is 8.27. The lowest BCUT2D eigenvalue weighted by atomic mass is 10.2. The zero-order valence-electron chi connectivity index (χ0n) is 7.09. The van der Waals surface area contributed by atoms with E-state index in [4.69, 9.17) is 4.74 Å². The van der Waals surface area contributed by atoms with Gasteiger partial charge in [-0.15, -0.1) is 0 Å². The van der Waals surface area contributed by atoms with Crippen molar-refractivity contribution >= 4 is 5.97 Å². The van der Waals surface area contributed by atoms with Gasteiger partial charge in [0.2, 0.25) is 0 Å². The second kappa shape index (κ2) is 3.72. The van der Waals surface area contributed by atoms with Crippen LogP contribution in [0.4, 0.5) is 0 Å². The molecule has 1 saturated heterocycles. The van der Waals surface area contributed by atoms with E-state index in [9.17, 15) is 4.79 Å². The molecular formula is C8H15NO2. The normalized spacial score (nSPS) is 30.4. The van der Waals surface area contributed by atoms with Gasteiger partial charge in [0, 0.05) is 6.04 Å². The fraction of sp³-hybridized carbons (Fsp3) is 0.875. The highest BCUT2D eigenvalue weighted by Gasteiger charge is 2.27. The summed E-state index contributed by atoms with van der Waals surface area (Å²) in [6, 6.07) is 0.411. The molecular weight excluding hydrogens is 142 g/mol. The SMILES string of the molecule is CCOC(=O)C1CC[C@@H](C)N1. The topological polar surface area (TPSA) is 38.3 Å². The van der Waals surface area contributed by atoms with Crippen LogP contribution >= 0.6 is 0 Å². The molecule has 1 N–H and O–H groups in total. The van der Waals surface area contributed by atoms with Gasteiger partial charge >= 0.3 is 5.97 Å². The molecule has 0 bridgehead atoms. The highest BCUT2D eigenvalue weighted by atomic mass is 16.5. The molecule has 0 radical (unpaired) electrons. The minimum Gasteiger partial charge on any atom is -0.465 e. The van der Waals surface area contributed by atoms with Crippen molar-refractivity contribution in [1.82, 2.24) is 5.32 Å². The first-order valence-corrected chi connectivity index (χ1v) is 4.16. The molecule has 0 amide bonds. The van der Waals surface area contributed by atoms with Gasteiger partial charge in [0.15, 0.2) is 0 Å². The molecule has 1 fully saturated rings. The molecule has 1 aliphatic rings. The zero-order valence-corrected chi connectivity index (χ0v) is 7.09. The lowest BCUT2D eigenvalue weighted by Crippen LogP contribution is -2.35. The van der Waals surface area contributed by atoms with Gasteiger partial charge in [-0.25, -0.2) is 0 Å². The highest BCUT2D eigenvalue weighted by Crippen LogP contribution is 2.12. The summed E-state index contributed by atoms with van der Waals surface area (Å²) in [7, 11) is 0. The summed E-state index contributed by atoms with van der Waals surface area (Å²) in [4.78, 5) is 11.1. The van der Waals surface area contributed by atoms with E-state index in [-0.39, 0.29) is 12.0 Å². The standard InChI is InChI=1S/C8H15NO2/c1-3-11-8(10)7-5-4-6(2)9-7/h6-7,9H,3-5H2,1-2H3/t6-,7?/m1/s1. The molecule has 0 aromatic rings. The van der Waals surface area contributed by atoms with E-state index in [0.29, 0.717) is 12.6 Å². The number of hydrogen-bond donors (Lipinski definition) is 1. The number of nitrogens with one attached hydrogen (secondary N) is 1. The van der Waals surface area contributed by atoms with Crippen molar-refractivity contribution < 1.29 is 9.53 Å². The molecule has 0 aromatic heterocycles. The van der Waals surface area contributed by atoms with Crippen LogP contribution in [0.1, 0.15) is 26.7 Å². The Morgan fingerprint density at radius 3 is 2.82 bits per heavy atom. The molecule has 0 aliphatic carbocycles. The fourth-order valence-electron chi connectivity index (χ4n) is 1.36. The molecule has 11 heavy (non-hydrogen) atoms. The molecule has 1 aliphatic heterocycles. The summed E-state index contributed by atoms with van der Waals surface area (Å²) in [6.45, 7) is 4.39. The second-order valence-corrected chi connectivity index (χ2v) is 2.95. The van der Waals surface area contributed by atoms with Crippen LogP contribution in [0, 0.1) is 0 Å². The molecule has 0 spiro atoms. The van der Waals surface area contributed by atoms with Crippen molar-refractivity contribution in [3.63, 3.8) is 0 Å². The van der Waals surface area contributed by atoms with Gasteiger partial charge in [0.25, 0.3) is 0 Å². The van der Waals surface area contributed by atoms with Crippen LogP contribution in [0.25, 0.3) is 0 Å². The number of esters is 1. The molecule has 64 valence electrons. The number of rotatable bonds is 2. The van der Waals surface area contributed by atoms with Crippen LogP contribution < -0.4 is 5.32 Å².